The summed E-state index contributed by atoms with van der Waals surface area (Å²) in [6.45, 7) is 0. The maximum absolute atomic E-state index is 10.8. The largest absolute Gasteiger partial charge is 0.227 e. The zero-order chi connectivity index (χ0) is 8.55. The zero-order valence-electron chi connectivity index (χ0n) is 6.36. The molecule has 1 aliphatic rings. The fourth-order valence-corrected chi connectivity index (χ4v) is 2.06. The second-order valence-corrected chi connectivity index (χ2v) is 3.71. The van der Waals surface area contributed by atoms with E-state index in [0.29, 0.717) is 4.90 Å². The third kappa shape index (κ3) is 1.06. The Morgan fingerprint density at radius 3 is 2.83 bits per heavy atom. The van der Waals surface area contributed by atoms with Gasteiger partial charge in [0.1, 0.15) is 0 Å². The van der Waals surface area contributed by atoms with Crippen molar-refractivity contribution in [2.24, 2.45) is 0 Å². The molecule has 0 N–H and O–H groups in total. The molecule has 2 rings (SSSR count). The van der Waals surface area contributed by atoms with Gasteiger partial charge in [0, 0.05) is 0 Å². The van der Waals surface area contributed by atoms with Crippen LogP contribution in [0.3, 0.4) is 0 Å². The molecule has 0 aromatic heterocycles. The molecule has 0 heterocycles. The van der Waals surface area contributed by atoms with Gasteiger partial charge in [-0.15, -0.1) is 0 Å². The summed E-state index contributed by atoms with van der Waals surface area (Å²) in [6.07, 6.45) is 4.70. The van der Waals surface area contributed by atoms with Crippen molar-refractivity contribution < 1.29 is 8.42 Å². The minimum atomic E-state index is -2.45. The molecule has 0 atom stereocenters. The number of hydrogen-bond acceptors (Lipinski definition) is 2. The summed E-state index contributed by atoms with van der Waals surface area (Å²) < 4.78 is 21.5. The molecule has 0 saturated heterocycles. The Morgan fingerprint density at radius 2 is 2.08 bits per heavy atom. The van der Waals surface area contributed by atoms with E-state index in [0.717, 1.165) is 17.5 Å². The lowest BCUT2D eigenvalue weighted by Crippen LogP contribution is -1.88. The first-order chi connectivity index (χ1) is 5.79. The van der Waals surface area contributed by atoms with Crippen LogP contribution in [0.25, 0.3) is 6.08 Å². The Morgan fingerprint density at radius 1 is 1.25 bits per heavy atom. The van der Waals surface area contributed by atoms with Gasteiger partial charge in [-0.05, 0) is 23.6 Å². The number of hydrogen-bond donors (Lipinski definition) is 1. The minimum Gasteiger partial charge on any atom is -0.227 e. The highest BCUT2D eigenvalue weighted by Crippen LogP contribution is 2.23. The Balaban J connectivity index is 2.71. The molecular formula is C9H8O2S. The van der Waals surface area contributed by atoms with Gasteiger partial charge in [-0.1, -0.05) is 24.3 Å². The SMILES string of the molecule is O=[SH](=O)c1cccc2c1C=CC2. The van der Waals surface area contributed by atoms with Crippen LogP contribution in [0.1, 0.15) is 11.1 Å². The molecule has 2 nitrogen and oxygen atoms in total. The summed E-state index contributed by atoms with van der Waals surface area (Å²) in [5, 5.41) is 0. The first-order valence-corrected chi connectivity index (χ1v) is 4.89. The van der Waals surface area contributed by atoms with Crippen LogP contribution in [0.4, 0.5) is 0 Å². The first-order valence-electron chi connectivity index (χ1n) is 3.72. The predicted octanol–water partition coefficient (Wildman–Crippen LogP) is 1.23. The fraction of sp³-hybridized carbons (Fsp3) is 0.111. The van der Waals surface area contributed by atoms with E-state index in [1.807, 2.05) is 18.2 Å². The number of benzene rings is 1. The third-order valence-corrected chi connectivity index (χ3v) is 2.78. The normalized spacial score (nSPS) is 13.8. The maximum Gasteiger partial charge on any atom is 0.168 e. The molecule has 3 heteroatoms. The molecule has 0 radical (unpaired) electrons. The van der Waals surface area contributed by atoms with Gasteiger partial charge in [0.2, 0.25) is 0 Å². The van der Waals surface area contributed by atoms with Crippen molar-refractivity contribution in [3.8, 4) is 0 Å². The summed E-state index contributed by atoms with van der Waals surface area (Å²) >= 11 is 0. The maximum atomic E-state index is 10.8. The van der Waals surface area contributed by atoms with E-state index in [1.165, 1.54) is 0 Å². The van der Waals surface area contributed by atoms with Gasteiger partial charge in [-0.2, -0.15) is 0 Å². The molecule has 0 bridgehead atoms. The summed E-state index contributed by atoms with van der Waals surface area (Å²) in [5.74, 6) is 0. The van der Waals surface area contributed by atoms with E-state index >= 15 is 0 Å². The average molecular weight is 180 g/mol. The van der Waals surface area contributed by atoms with E-state index in [1.54, 1.807) is 12.1 Å². The predicted molar refractivity (Wildman–Crippen MR) is 47.8 cm³/mol. The van der Waals surface area contributed by atoms with Crippen molar-refractivity contribution in [2.75, 3.05) is 0 Å². The van der Waals surface area contributed by atoms with Gasteiger partial charge < -0.3 is 0 Å². The lowest BCUT2D eigenvalue weighted by molar-refractivity contribution is 0.614. The minimum absolute atomic E-state index is 0.441. The number of allylic oxidation sites excluding steroid dienone is 1. The highest BCUT2D eigenvalue weighted by Gasteiger charge is 2.09. The molecule has 0 aliphatic heterocycles. The number of thiol groups is 1. The molecule has 1 aliphatic carbocycles. The van der Waals surface area contributed by atoms with Crippen molar-refractivity contribution in [3.63, 3.8) is 0 Å². The lowest BCUT2D eigenvalue weighted by Gasteiger charge is -1.99. The van der Waals surface area contributed by atoms with Crippen molar-refractivity contribution in [2.45, 2.75) is 11.3 Å². The molecule has 1 aromatic carbocycles. The summed E-state index contributed by atoms with van der Waals surface area (Å²) in [5.41, 5.74) is 1.97. The van der Waals surface area contributed by atoms with Crippen molar-refractivity contribution >= 4 is 16.8 Å². The second kappa shape index (κ2) is 2.75. The molecule has 0 fully saturated rings. The standard InChI is InChI=1S/C9H8O2S/c10-12(11)9-6-2-4-7-3-1-5-8(7)9/h1-2,4-6,12H,3H2. The number of fused-ring (bicyclic) bond motifs is 1. The molecule has 0 spiro atoms. The van der Waals surface area contributed by atoms with Crippen molar-refractivity contribution in [3.05, 3.63) is 35.4 Å². The van der Waals surface area contributed by atoms with Gasteiger partial charge in [0.25, 0.3) is 0 Å². The fourth-order valence-electron chi connectivity index (χ4n) is 1.43. The third-order valence-electron chi connectivity index (χ3n) is 1.99. The summed E-state index contributed by atoms with van der Waals surface area (Å²) in [7, 11) is -2.45. The Hall–Kier alpha value is -1.09. The Bertz CT molecular complexity index is 409. The summed E-state index contributed by atoms with van der Waals surface area (Å²) in [4.78, 5) is 0.441. The van der Waals surface area contributed by atoms with Gasteiger partial charge in [0.15, 0.2) is 10.7 Å². The van der Waals surface area contributed by atoms with Crippen LogP contribution >= 0.6 is 0 Å². The molecule has 62 valence electrons. The first kappa shape index (κ1) is 7.55. The van der Waals surface area contributed by atoms with E-state index in [9.17, 15) is 8.42 Å². The van der Waals surface area contributed by atoms with Crippen LogP contribution < -0.4 is 0 Å². The second-order valence-electron chi connectivity index (χ2n) is 2.71. The van der Waals surface area contributed by atoms with Gasteiger partial charge in [-0.25, -0.2) is 8.42 Å². The van der Waals surface area contributed by atoms with E-state index in [2.05, 4.69) is 0 Å². The van der Waals surface area contributed by atoms with Crippen LogP contribution in [-0.2, 0) is 17.1 Å². The Labute approximate surface area is 72.5 Å². The van der Waals surface area contributed by atoms with E-state index < -0.39 is 10.7 Å². The van der Waals surface area contributed by atoms with Crippen molar-refractivity contribution in [1.29, 1.82) is 0 Å². The molecular weight excluding hydrogens is 172 g/mol. The molecule has 0 saturated carbocycles. The average Bonchev–Trinajstić information content (AvgIpc) is 2.49. The van der Waals surface area contributed by atoms with Crippen LogP contribution in [-0.4, -0.2) is 8.42 Å². The van der Waals surface area contributed by atoms with Crippen LogP contribution in [0.5, 0.6) is 0 Å². The zero-order valence-corrected chi connectivity index (χ0v) is 7.25. The van der Waals surface area contributed by atoms with Crippen molar-refractivity contribution in [1.82, 2.24) is 0 Å². The van der Waals surface area contributed by atoms with Gasteiger partial charge >= 0.3 is 0 Å². The van der Waals surface area contributed by atoms with Gasteiger partial charge in [0.05, 0.1) is 4.90 Å². The summed E-state index contributed by atoms with van der Waals surface area (Å²) in [6, 6.07) is 5.38. The highest BCUT2D eigenvalue weighted by atomic mass is 32.2. The molecule has 0 unspecified atom stereocenters. The lowest BCUT2D eigenvalue weighted by atomic mass is 10.1. The van der Waals surface area contributed by atoms with E-state index in [4.69, 9.17) is 0 Å². The molecule has 1 aromatic rings. The topological polar surface area (TPSA) is 34.1 Å². The van der Waals surface area contributed by atoms with Gasteiger partial charge in [-0.3, -0.25) is 0 Å². The van der Waals surface area contributed by atoms with Crippen LogP contribution in [0.2, 0.25) is 0 Å². The van der Waals surface area contributed by atoms with E-state index in [-0.39, 0.29) is 0 Å². The number of rotatable bonds is 1. The molecule has 0 amide bonds. The Kier molecular flexibility index (Phi) is 1.73. The smallest absolute Gasteiger partial charge is 0.168 e. The van der Waals surface area contributed by atoms with Crippen LogP contribution in [0, 0.1) is 0 Å². The quantitative estimate of drug-likeness (QED) is 0.659. The monoisotopic (exact) mass is 180 g/mol. The highest BCUT2D eigenvalue weighted by molar-refractivity contribution is 7.72. The molecule has 12 heavy (non-hydrogen) atoms. The van der Waals surface area contributed by atoms with Crippen LogP contribution in [0.15, 0.2) is 29.2 Å².